The number of aliphatic carboxylic acids is 1. The van der Waals surface area contributed by atoms with Gasteiger partial charge in [0.1, 0.15) is 11.8 Å². The molecule has 1 unspecified atom stereocenters. The Hall–Kier alpha value is -3.61. The summed E-state index contributed by atoms with van der Waals surface area (Å²) in [4.78, 5) is 39.7. The number of nitrogens with one attached hydrogen (secondary N) is 2. The van der Waals surface area contributed by atoms with Crippen molar-refractivity contribution in [2.45, 2.75) is 25.8 Å². The van der Waals surface area contributed by atoms with E-state index in [1.807, 2.05) is 24.3 Å². The fourth-order valence-corrected chi connectivity index (χ4v) is 3.19. The van der Waals surface area contributed by atoms with Crippen LogP contribution in [-0.4, -0.2) is 40.9 Å². The number of ether oxygens (including phenoxy) is 1. The number of ketones is 1. The van der Waals surface area contributed by atoms with Crippen LogP contribution in [0.25, 0.3) is 10.9 Å². The van der Waals surface area contributed by atoms with E-state index in [0.717, 1.165) is 10.9 Å². The predicted octanol–water partition coefficient (Wildman–Crippen LogP) is 2.93. The van der Waals surface area contributed by atoms with Crippen LogP contribution in [0, 0.1) is 0 Å². The van der Waals surface area contributed by atoms with Gasteiger partial charge in [-0.1, -0.05) is 25.1 Å². The van der Waals surface area contributed by atoms with Crippen LogP contribution >= 0.6 is 0 Å². The molecule has 0 aliphatic rings. The van der Waals surface area contributed by atoms with Crippen LogP contribution in [0.4, 0.5) is 0 Å². The number of aromatic nitrogens is 1. The summed E-state index contributed by atoms with van der Waals surface area (Å²) in [6.07, 6.45) is 0.164. The fraction of sp³-hybridized carbons (Fsp3) is 0.227. The molecule has 150 valence electrons. The van der Waals surface area contributed by atoms with Gasteiger partial charge in [0.25, 0.3) is 0 Å². The Morgan fingerprint density at radius 3 is 2.41 bits per heavy atom. The number of carbonyl (C=O) groups is 3. The Balaban J connectivity index is 2.04. The molecule has 1 aromatic heterocycles. The van der Waals surface area contributed by atoms with Crippen molar-refractivity contribution in [2.75, 3.05) is 7.11 Å². The van der Waals surface area contributed by atoms with Gasteiger partial charge < -0.3 is 20.1 Å². The van der Waals surface area contributed by atoms with Crippen LogP contribution in [-0.2, 0) is 16.0 Å². The molecule has 0 saturated heterocycles. The first-order valence-corrected chi connectivity index (χ1v) is 9.25. The molecule has 0 aliphatic heterocycles. The van der Waals surface area contributed by atoms with Gasteiger partial charge in [0.15, 0.2) is 0 Å². The Morgan fingerprint density at radius 2 is 1.79 bits per heavy atom. The molecule has 7 nitrogen and oxygen atoms in total. The van der Waals surface area contributed by atoms with Gasteiger partial charge in [0, 0.05) is 29.3 Å². The number of benzene rings is 2. The average molecular weight is 394 g/mol. The zero-order chi connectivity index (χ0) is 21.0. The maximum atomic E-state index is 13.2. The van der Waals surface area contributed by atoms with Crippen molar-refractivity contribution in [1.82, 2.24) is 10.3 Å². The van der Waals surface area contributed by atoms with Crippen molar-refractivity contribution in [3.8, 4) is 5.75 Å². The van der Waals surface area contributed by atoms with E-state index in [0.29, 0.717) is 22.6 Å². The monoisotopic (exact) mass is 394 g/mol. The van der Waals surface area contributed by atoms with Crippen molar-refractivity contribution < 1.29 is 24.2 Å². The zero-order valence-electron chi connectivity index (χ0n) is 16.2. The normalized spacial score (nSPS) is 11.8. The minimum absolute atomic E-state index is 0.0116. The number of carbonyl (C=O) groups excluding carboxylic acids is 2. The second-order valence-electron chi connectivity index (χ2n) is 6.60. The number of carboxylic acids is 1. The molecule has 0 fully saturated rings. The maximum Gasteiger partial charge on any atom is 0.326 e. The molecule has 0 aliphatic carbocycles. The minimum atomic E-state index is -1.15. The van der Waals surface area contributed by atoms with Crippen LogP contribution in [0.3, 0.4) is 0 Å². The van der Waals surface area contributed by atoms with Gasteiger partial charge in [-0.3, -0.25) is 9.59 Å². The van der Waals surface area contributed by atoms with E-state index >= 15 is 0 Å². The van der Waals surface area contributed by atoms with Gasteiger partial charge in [-0.25, -0.2) is 4.79 Å². The van der Waals surface area contributed by atoms with Gasteiger partial charge in [0.2, 0.25) is 11.7 Å². The summed E-state index contributed by atoms with van der Waals surface area (Å²) in [7, 11) is 1.54. The Morgan fingerprint density at radius 1 is 1.10 bits per heavy atom. The highest BCUT2D eigenvalue weighted by molar-refractivity contribution is 6.12. The average Bonchev–Trinajstić information content (AvgIpc) is 3.11. The van der Waals surface area contributed by atoms with E-state index < -0.39 is 12.0 Å². The number of methoxy groups -OCH3 is 1. The first kappa shape index (κ1) is 20.1. The highest BCUT2D eigenvalue weighted by atomic mass is 16.5. The molecular formula is C22H22N2O5. The lowest BCUT2D eigenvalue weighted by molar-refractivity contribution is -0.141. The molecule has 2 aromatic carbocycles. The molecule has 0 bridgehead atoms. The van der Waals surface area contributed by atoms with Crippen molar-refractivity contribution in [1.29, 1.82) is 0 Å². The quantitative estimate of drug-likeness (QED) is 0.509. The van der Waals surface area contributed by atoms with Crippen molar-refractivity contribution in [3.05, 3.63) is 65.4 Å². The van der Waals surface area contributed by atoms with Gasteiger partial charge in [-0.2, -0.15) is 0 Å². The third-order valence-corrected chi connectivity index (χ3v) is 4.76. The summed E-state index contributed by atoms with van der Waals surface area (Å²) in [5, 5.41) is 12.8. The number of amides is 1. The molecule has 3 rings (SSSR count). The number of H-pyrrole nitrogens is 1. The third-order valence-electron chi connectivity index (χ3n) is 4.76. The lowest BCUT2D eigenvalue weighted by atomic mass is 9.98. The standard InChI is InChI=1S/C22H22N2O5/c1-3-19(25)23-18(22(27)28)12-16-15-6-4-5-7-17(15)24-20(16)21(26)13-8-10-14(29-2)11-9-13/h4-11,18,24H,3,12H2,1-2H3,(H,23,25)(H,27,28). The smallest absolute Gasteiger partial charge is 0.326 e. The summed E-state index contributed by atoms with van der Waals surface area (Å²) in [6.45, 7) is 1.65. The number of carboxylic acid groups (broad SMARTS) is 1. The molecule has 7 heteroatoms. The predicted molar refractivity (Wildman–Crippen MR) is 108 cm³/mol. The van der Waals surface area contributed by atoms with E-state index in [1.165, 1.54) is 0 Å². The highest BCUT2D eigenvalue weighted by Gasteiger charge is 2.26. The maximum absolute atomic E-state index is 13.2. The third kappa shape index (κ3) is 4.29. The number of hydrogen-bond donors (Lipinski definition) is 3. The Kier molecular flexibility index (Phi) is 5.97. The van der Waals surface area contributed by atoms with E-state index in [2.05, 4.69) is 10.3 Å². The van der Waals surface area contributed by atoms with Gasteiger partial charge in [-0.15, -0.1) is 0 Å². The van der Waals surface area contributed by atoms with E-state index in [4.69, 9.17) is 4.74 Å². The first-order chi connectivity index (χ1) is 13.9. The van der Waals surface area contributed by atoms with Crippen LogP contribution in [0.1, 0.15) is 35.0 Å². The lowest BCUT2D eigenvalue weighted by Crippen LogP contribution is -2.42. The number of fused-ring (bicyclic) bond motifs is 1. The van der Waals surface area contributed by atoms with Crippen LogP contribution in [0.2, 0.25) is 0 Å². The van der Waals surface area contributed by atoms with E-state index in [-0.39, 0.29) is 24.5 Å². The molecule has 3 aromatic rings. The van der Waals surface area contributed by atoms with Crippen molar-refractivity contribution in [2.24, 2.45) is 0 Å². The second kappa shape index (κ2) is 8.60. The molecule has 0 spiro atoms. The second-order valence-corrected chi connectivity index (χ2v) is 6.60. The Bertz CT molecular complexity index is 1050. The number of para-hydroxylation sites is 1. The molecule has 1 heterocycles. The molecule has 29 heavy (non-hydrogen) atoms. The Labute approximate surface area is 167 Å². The number of hydrogen-bond acceptors (Lipinski definition) is 4. The van der Waals surface area contributed by atoms with Crippen LogP contribution < -0.4 is 10.1 Å². The van der Waals surface area contributed by atoms with E-state index in [1.54, 1.807) is 38.3 Å². The highest BCUT2D eigenvalue weighted by Crippen LogP contribution is 2.26. The van der Waals surface area contributed by atoms with Crippen LogP contribution in [0.15, 0.2) is 48.5 Å². The summed E-state index contributed by atoms with van der Waals surface area (Å²) >= 11 is 0. The summed E-state index contributed by atoms with van der Waals surface area (Å²) in [5.41, 5.74) is 2.05. The summed E-state index contributed by atoms with van der Waals surface area (Å²) in [6, 6.07) is 12.9. The first-order valence-electron chi connectivity index (χ1n) is 9.25. The SMILES string of the molecule is CCC(=O)NC(Cc1c(C(=O)c2ccc(OC)cc2)[nH]c2ccccc12)C(=O)O. The van der Waals surface area contributed by atoms with E-state index in [9.17, 15) is 19.5 Å². The molecule has 3 N–H and O–H groups in total. The minimum Gasteiger partial charge on any atom is -0.497 e. The van der Waals surface area contributed by atoms with Gasteiger partial charge in [-0.05, 0) is 35.9 Å². The fourth-order valence-electron chi connectivity index (χ4n) is 3.19. The number of rotatable bonds is 8. The molecule has 0 radical (unpaired) electrons. The molecular weight excluding hydrogens is 372 g/mol. The summed E-state index contributed by atoms with van der Waals surface area (Å²) in [5.74, 6) is -1.14. The lowest BCUT2D eigenvalue weighted by Gasteiger charge is -2.15. The van der Waals surface area contributed by atoms with Crippen molar-refractivity contribution >= 4 is 28.6 Å². The number of aromatic amines is 1. The van der Waals surface area contributed by atoms with Crippen molar-refractivity contribution in [3.63, 3.8) is 0 Å². The zero-order valence-corrected chi connectivity index (χ0v) is 16.2. The van der Waals surface area contributed by atoms with Gasteiger partial charge in [0.05, 0.1) is 12.8 Å². The molecule has 1 amide bonds. The van der Waals surface area contributed by atoms with Gasteiger partial charge >= 0.3 is 5.97 Å². The summed E-state index contributed by atoms with van der Waals surface area (Å²) < 4.78 is 5.13. The molecule has 1 atom stereocenters. The topological polar surface area (TPSA) is 108 Å². The largest absolute Gasteiger partial charge is 0.497 e. The van der Waals surface area contributed by atoms with Crippen LogP contribution in [0.5, 0.6) is 5.75 Å². The molecule has 0 saturated carbocycles.